The third-order valence-corrected chi connectivity index (χ3v) is 5.94. The average Bonchev–Trinajstić information content (AvgIpc) is 3.03. The van der Waals surface area contributed by atoms with Crippen LogP contribution in [0.4, 0.5) is 0 Å². The van der Waals surface area contributed by atoms with Crippen molar-refractivity contribution in [3.63, 3.8) is 0 Å². The first kappa shape index (κ1) is 19.6. The fourth-order valence-corrected chi connectivity index (χ4v) is 4.35. The van der Waals surface area contributed by atoms with Crippen LogP contribution < -0.4 is 5.32 Å². The average molecular weight is 409 g/mol. The van der Waals surface area contributed by atoms with Gasteiger partial charge in [-0.1, -0.05) is 60.9 Å². The first-order chi connectivity index (χ1) is 14.3. The number of para-hydroxylation sites is 1. The van der Waals surface area contributed by atoms with Crippen LogP contribution in [0.5, 0.6) is 0 Å². The highest BCUT2D eigenvalue weighted by atomic mass is 32.2. The molecule has 0 atom stereocenters. The number of thioether (sulfide) groups is 1. The first-order valence-electron chi connectivity index (χ1n) is 10.0. The molecule has 0 radical (unpaired) electrons. The second-order valence-electron chi connectivity index (χ2n) is 7.11. The molecule has 29 heavy (non-hydrogen) atoms. The first-order valence-corrected chi connectivity index (χ1v) is 11.0. The molecule has 1 saturated carbocycles. The highest BCUT2D eigenvalue weighted by molar-refractivity contribution is 7.98. The van der Waals surface area contributed by atoms with Crippen LogP contribution in [0, 0.1) is 0 Å². The molecule has 0 spiro atoms. The summed E-state index contributed by atoms with van der Waals surface area (Å²) in [6.07, 6.45) is 10.3. The number of hydrogen-bond donors (Lipinski definition) is 1. The molecule has 0 unspecified atom stereocenters. The fourth-order valence-electron chi connectivity index (χ4n) is 3.55. The molecular weight excluding hydrogens is 384 g/mol. The number of rotatable bonds is 6. The van der Waals surface area contributed by atoms with E-state index in [0.717, 1.165) is 37.1 Å². The van der Waals surface area contributed by atoms with Crippen LogP contribution in [-0.4, -0.2) is 36.9 Å². The molecule has 2 aromatic heterocycles. The number of nitrogens with zero attached hydrogens (tertiary/aromatic N) is 5. The molecule has 1 aromatic carbocycles. The normalized spacial score (nSPS) is 15.0. The van der Waals surface area contributed by atoms with Crippen molar-refractivity contribution in [1.29, 1.82) is 0 Å². The molecular formula is C21H24N6OS. The molecule has 0 aliphatic heterocycles. The Morgan fingerprint density at radius 3 is 2.48 bits per heavy atom. The van der Waals surface area contributed by atoms with E-state index in [4.69, 9.17) is 0 Å². The number of hydrogen-bond acceptors (Lipinski definition) is 6. The van der Waals surface area contributed by atoms with Gasteiger partial charge in [0.1, 0.15) is 0 Å². The van der Waals surface area contributed by atoms with Crippen molar-refractivity contribution in [2.75, 3.05) is 0 Å². The van der Waals surface area contributed by atoms with Crippen molar-refractivity contribution in [3.05, 3.63) is 60.2 Å². The van der Waals surface area contributed by atoms with Gasteiger partial charge in [-0.3, -0.25) is 4.79 Å². The van der Waals surface area contributed by atoms with Crippen LogP contribution in [0.25, 0.3) is 5.69 Å². The minimum atomic E-state index is -0.149. The van der Waals surface area contributed by atoms with E-state index in [9.17, 15) is 4.79 Å². The number of carbonyl (C=O) groups is 1. The Morgan fingerprint density at radius 2 is 1.76 bits per heavy atom. The second-order valence-corrected chi connectivity index (χ2v) is 8.06. The molecule has 1 aliphatic rings. The Kier molecular flexibility index (Phi) is 6.51. The Hall–Kier alpha value is -2.74. The van der Waals surface area contributed by atoms with Crippen LogP contribution in [0.1, 0.15) is 54.7 Å². The van der Waals surface area contributed by atoms with Crippen molar-refractivity contribution in [1.82, 2.24) is 30.3 Å². The highest BCUT2D eigenvalue weighted by Gasteiger charge is 2.23. The fraction of sp³-hybridized carbons (Fsp3) is 0.381. The summed E-state index contributed by atoms with van der Waals surface area (Å²) < 4.78 is 1.73. The van der Waals surface area contributed by atoms with E-state index in [-0.39, 0.29) is 11.9 Å². The lowest BCUT2D eigenvalue weighted by atomic mass is 10.1. The summed E-state index contributed by atoms with van der Waals surface area (Å²) in [6, 6.07) is 11.7. The van der Waals surface area contributed by atoms with Gasteiger partial charge in [-0.2, -0.15) is 0 Å². The van der Waals surface area contributed by atoms with Crippen molar-refractivity contribution in [3.8, 4) is 5.69 Å². The maximum Gasteiger partial charge on any atom is 0.274 e. The van der Waals surface area contributed by atoms with E-state index in [1.807, 2.05) is 30.3 Å². The van der Waals surface area contributed by atoms with Crippen molar-refractivity contribution < 1.29 is 4.79 Å². The molecule has 3 aromatic rings. The summed E-state index contributed by atoms with van der Waals surface area (Å²) in [5.74, 6) is 0.350. The SMILES string of the molecule is O=C(NC1CCCCCC1)c1nnn(-c2ccccc2)c1CSc1ncccn1. The van der Waals surface area contributed by atoms with Crippen LogP contribution >= 0.6 is 11.8 Å². The van der Waals surface area contributed by atoms with E-state index in [2.05, 4.69) is 25.6 Å². The number of nitrogens with one attached hydrogen (secondary N) is 1. The van der Waals surface area contributed by atoms with Crippen molar-refractivity contribution in [2.45, 2.75) is 55.5 Å². The van der Waals surface area contributed by atoms with Gasteiger partial charge >= 0.3 is 0 Å². The summed E-state index contributed by atoms with van der Waals surface area (Å²) in [7, 11) is 0. The van der Waals surface area contributed by atoms with E-state index in [1.54, 1.807) is 23.1 Å². The van der Waals surface area contributed by atoms with Gasteiger partial charge in [-0.15, -0.1) is 5.10 Å². The van der Waals surface area contributed by atoms with Gasteiger partial charge in [0.05, 0.1) is 11.4 Å². The summed E-state index contributed by atoms with van der Waals surface area (Å²) in [5, 5.41) is 12.4. The number of benzene rings is 1. The van der Waals surface area contributed by atoms with Gasteiger partial charge in [-0.25, -0.2) is 14.6 Å². The molecule has 4 rings (SSSR count). The minimum absolute atomic E-state index is 0.149. The molecule has 8 heteroatoms. The Balaban J connectivity index is 1.58. The number of aromatic nitrogens is 5. The Morgan fingerprint density at radius 1 is 1.03 bits per heavy atom. The van der Waals surface area contributed by atoms with Crippen molar-refractivity contribution >= 4 is 17.7 Å². The van der Waals surface area contributed by atoms with Gasteiger partial charge < -0.3 is 5.32 Å². The van der Waals surface area contributed by atoms with Crippen LogP contribution in [0.3, 0.4) is 0 Å². The standard InChI is InChI=1S/C21H24N6OS/c28-20(24-16-9-4-1-2-5-10-16)19-18(15-29-21-22-13-8-14-23-21)27(26-25-19)17-11-6-3-7-12-17/h3,6-8,11-14,16H,1-2,4-5,9-10,15H2,(H,24,28). The van der Waals surface area contributed by atoms with Gasteiger partial charge in [0.2, 0.25) is 0 Å². The molecule has 1 N–H and O–H groups in total. The zero-order valence-electron chi connectivity index (χ0n) is 16.2. The third kappa shape index (κ3) is 5.00. The molecule has 1 aliphatic carbocycles. The molecule has 0 saturated heterocycles. The van der Waals surface area contributed by atoms with Gasteiger partial charge in [0, 0.05) is 24.2 Å². The molecule has 1 fully saturated rings. The van der Waals surface area contributed by atoms with Crippen LogP contribution in [0.2, 0.25) is 0 Å². The number of carbonyl (C=O) groups excluding carboxylic acids is 1. The second kappa shape index (κ2) is 9.65. The maximum absolute atomic E-state index is 13.0. The minimum Gasteiger partial charge on any atom is -0.348 e. The maximum atomic E-state index is 13.0. The zero-order valence-corrected chi connectivity index (χ0v) is 17.0. The Labute approximate surface area is 174 Å². The van der Waals surface area contributed by atoms with Crippen molar-refractivity contribution in [2.24, 2.45) is 0 Å². The van der Waals surface area contributed by atoms with E-state index in [0.29, 0.717) is 16.6 Å². The van der Waals surface area contributed by atoms with E-state index >= 15 is 0 Å². The summed E-state index contributed by atoms with van der Waals surface area (Å²) in [5.41, 5.74) is 2.00. The third-order valence-electron chi connectivity index (χ3n) is 5.05. The summed E-state index contributed by atoms with van der Waals surface area (Å²) in [4.78, 5) is 21.6. The van der Waals surface area contributed by atoms with Crippen LogP contribution in [-0.2, 0) is 5.75 Å². The highest BCUT2D eigenvalue weighted by Crippen LogP contribution is 2.23. The molecule has 0 bridgehead atoms. The topological polar surface area (TPSA) is 85.6 Å². The summed E-state index contributed by atoms with van der Waals surface area (Å²) >= 11 is 1.46. The molecule has 7 nitrogen and oxygen atoms in total. The quantitative estimate of drug-likeness (QED) is 0.379. The van der Waals surface area contributed by atoms with E-state index < -0.39 is 0 Å². The molecule has 2 heterocycles. The lowest BCUT2D eigenvalue weighted by Gasteiger charge is -2.15. The lowest BCUT2D eigenvalue weighted by Crippen LogP contribution is -2.35. The summed E-state index contributed by atoms with van der Waals surface area (Å²) in [6.45, 7) is 0. The smallest absolute Gasteiger partial charge is 0.274 e. The monoisotopic (exact) mass is 408 g/mol. The predicted octanol–water partition coefficient (Wildman–Crippen LogP) is 3.80. The van der Waals surface area contributed by atoms with Gasteiger partial charge in [0.25, 0.3) is 5.91 Å². The van der Waals surface area contributed by atoms with Crippen LogP contribution in [0.15, 0.2) is 53.9 Å². The predicted molar refractivity (Wildman–Crippen MR) is 112 cm³/mol. The zero-order chi connectivity index (χ0) is 19.9. The van der Waals surface area contributed by atoms with Gasteiger partial charge in [0.15, 0.2) is 10.9 Å². The number of amides is 1. The van der Waals surface area contributed by atoms with E-state index in [1.165, 1.54) is 24.6 Å². The molecule has 150 valence electrons. The van der Waals surface area contributed by atoms with Gasteiger partial charge in [-0.05, 0) is 31.0 Å². The lowest BCUT2D eigenvalue weighted by molar-refractivity contribution is 0.0927. The largest absolute Gasteiger partial charge is 0.348 e. The molecule has 1 amide bonds. The Bertz CT molecular complexity index is 923.